The fourth-order valence-electron chi connectivity index (χ4n) is 2.47. The zero-order valence-corrected chi connectivity index (χ0v) is 16.8. The third-order valence-electron chi connectivity index (χ3n) is 3.91. The standard InChI is InChI=1S/C21H19BrN2O4/c1-14-10-17(7-8-19(14)22)28-13-20(25)24-16-5-2-4-15(11-16)21(26)23-12-18-6-3-9-27-18/h2-11H,12-13H2,1H3,(H,23,26)(H,24,25). The van der Waals surface area contributed by atoms with Crippen molar-refractivity contribution < 1.29 is 18.7 Å². The number of halogens is 1. The summed E-state index contributed by atoms with van der Waals surface area (Å²) in [6, 6.07) is 15.7. The first-order chi connectivity index (χ1) is 13.5. The molecule has 0 fully saturated rings. The van der Waals surface area contributed by atoms with E-state index in [1.165, 1.54) is 0 Å². The van der Waals surface area contributed by atoms with Gasteiger partial charge in [0.25, 0.3) is 11.8 Å². The zero-order valence-electron chi connectivity index (χ0n) is 15.2. The minimum atomic E-state index is -0.311. The number of hydrogen-bond donors (Lipinski definition) is 2. The molecule has 1 heterocycles. The van der Waals surface area contributed by atoms with E-state index < -0.39 is 0 Å². The molecule has 3 aromatic rings. The van der Waals surface area contributed by atoms with Crippen molar-refractivity contribution in [2.75, 3.05) is 11.9 Å². The summed E-state index contributed by atoms with van der Waals surface area (Å²) in [5.74, 6) is 0.711. The molecule has 0 radical (unpaired) electrons. The quantitative estimate of drug-likeness (QED) is 0.571. The first-order valence-electron chi connectivity index (χ1n) is 8.61. The van der Waals surface area contributed by atoms with Gasteiger partial charge in [0.1, 0.15) is 11.5 Å². The van der Waals surface area contributed by atoms with Gasteiger partial charge in [-0.05, 0) is 61.0 Å². The minimum Gasteiger partial charge on any atom is -0.484 e. The first-order valence-corrected chi connectivity index (χ1v) is 9.40. The summed E-state index contributed by atoms with van der Waals surface area (Å²) < 4.78 is 11.7. The highest BCUT2D eigenvalue weighted by Crippen LogP contribution is 2.21. The Balaban J connectivity index is 1.53. The predicted molar refractivity (Wildman–Crippen MR) is 109 cm³/mol. The van der Waals surface area contributed by atoms with Gasteiger partial charge in [0, 0.05) is 15.7 Å². The van der Waals surface area contributed by atoms with Gasteiger partial charge in [-0.25, -0.2) is 0 Å². The highest BCUT2D eigenvalue weighted by molar-refractivity contribution is 9.10. The lowest BCUT2D eigenvalue weighted by Gasteiger charge is -2.10. The molecule has 0 saturated heterocycles. The lowest BCUT2D eigenvalue weighted by molar-refractivity contribution is -0.118. The van der Waals surface area contributed by atoms with E-state index in [4.69, 9.17) is 9.15 Å². The third kappa shape index (κ3) is 5.47. The molecule has 0 spiro atoms. The van der Waals surface area contributed by atoms with Crippen LogP contribution in [0, 0.1) is 6.92 Å². The Hall–Kier alpha value is -3.06. The summed E-state index contributed by atoms with van der Waals surface area (Å²) in [6.07, 6.45) is 1.55. The molecule has 28 heavy (non-hydrogen) atoms. The summed E-state index contributed by atoms with van der Waals surface area (Å²) in [4.78, 5) is 24.4. The highest BCUT2D eigenvalue weighted by atomic mass is 79.9. The number of rotatable bonds is 7. The molecule has 0 bridgehead atoms. The molecule has 6 nitrogen and oxygen atoms in total. The van der Waals surface area contributed by atoms with E-state index in [0.29, 0.717) is 29.3 Å². The average Bonchev–Trinajstić information content (AvgIpc) is 3.21. The summed E-state index contributed by atoms with van der Waals surface area (Å²) in [5.41, 5.74) is 1.98. The number of benzene rings is 2. The van der Waals surface area contributed by atoms with Crippen LogP contribution >= 0.6 is 15.9 Å². The Morgan fingerprint density at radius 3 is 2.71 bits per heavy atom. The second-order valence-electron chi connectivity index (χ2n) is 6.09. The van der Waals surface area contributed by atoms with Crippen LogP contribution in [-0.2, 0) is 11.3 Å². The molecular formula is C21H19BrN2O4. The Kier molecular flexibility index (Phi) is 6.49. The number of carbonyl (C=O) groups is 2. The number of ether oxygens (including phenoxy) is 1. The van der Waals surface area contributed by atoms with Crippen molar-refractivity contribution in [2.24, 2.45) is 0 Å². The average molecular weight is 443 g/mol. The second kappa shape index (κ2) is 9.23. The molecule has 2 amide bonds. The zero-order chi connectivity index (χ0) is 19.9. The van der Waals surface area contributed by atoms with Gasteiger partial charge in [-0.15, -0.1) is 0 Å². The van der Waals surface area contributed by atoms with Gasteiger partial charge in [-0.1, -0.05) is 22.0 Å². The molecule has 0 aliphatic rings. The van der Waals surface area contributed by atoms with E-state index >= 15 is 0 Å². The van der Waals surface area contributed by atoms with E-state index in [1.807, 2.05) is 19.1 Å². The van der Waals surface area contributed by atoms with Crippen LogP contribution in [0.1, 0.15) is 21.7 Å². The van der Waals surface area contributed by atoms with Crippen LogP contribution in [0.5, 0.6) is 5.75 Å². The van der Waals surface area contributed by atoms with Crippen molar-refractivity contribution in [3.05, 3.63) is 82.2 Å². The Bertz CT molecular complexity index is 970. The number of aryl methyl sites for hydroxylation is 1. The molecule has 0 atom stereocenters. The lowest BCUT2D eigenvalue weighted by atomic mass is 10.2. The van der Waals surface area contributed by atoms with Gasteiger partial charge in [0.05, 0.1) is 12.8 Å². The van der Waals surface area contributed by atoms with Gasteiger partial charge in [0.2, 0.25) is 0 Å². The molecule has 3 rings (SSSR count). The van der Waals surface area contributed by atoms with Gasteiger partial charge in [-0.3, -0.25) is 9.59 Å². The van der Waals surface area contributed by atoms with E-state index in [-0.39, 0.29) is 18.4 Å². The molecule has 2 aromatic carbocycles. The summed E-state index contributed by atoms with van der Waals surface area (Å²) in [5, 5.41) is 5.50. The largest absolute Gasteiger partial charge is 0.484 e. The fraction of sp³-hybridized carbons (Fsp3) is 0.143. The molecule has 1 aromatic heterocycles. The van der Waals surface area contributed by atoms with Crippen LogP contribution in [0.3, 0.4) is 0 Å². The SMILES string of the molecule is Cc1cc(OCC(=O)Nc2cccc(C(=O)NCc3ccco3)c2)ccc1Br. The van der Waals surface area contributed by atoms with E-state index in [1.54, 1.807) is 48.7 Å². The molecular weight excluding hydrogens is 424 g/mol. The van der Waals surface area contributed by atoms with Gasteiger partial charge in [-0.2, -0.15) is 0 Å². The second-order valence-corrected chi connectivity index (χ2v) is 6.95. The van der Waals surface area contributed by atoms with Crippen LogP contribution in [0.15, 0.2) is 69.8 Å². The topological polar surface area (TPSA) is 80.6 Å². The Labute approximate surface area is 171 Å². The maximum atomic E-state index is 12.3. The molecule has 2 N–H and O–H groups in total. The maximum absolute atomic E-state index is 12.3. The maximum Gasteiger partial charge on any atom is 0.262 e. The van der Waals surface area contributed by atoms with Crippen LogP contribution in [0.4, 0.5) is 5.69 Å². The number of nitrogens with one attached hydrogen (secondary N) is 2. The minimum absolute atomic E-state index is 0.129. The van der Waals surface area contributed by atoms with Crippen molar-refractivity contribution in [2.45, 2.75) is 13.5 Å². The van der Waals surface area contributed by atoms with Crippen LogP contribution in [0.2, 0.25) is 0 Å². The number of carbonyl (C=O) groups excluding carboxylic acids is 2. The molecule has 0 saturated carbocycles. The van der Waals surface area contributed by atoms with E-state index in [9.17, 15) is 9.59 Å². The fourth-order valence-corrected chi connectivity index (χ4v) is 2.72. The first kappa shape index (κ1) is 19.7. The highest BCUT2D eigenvalue weighted by Gasteiger charge is 2.09. The molecule has 0 aliphatic heterocycles. The number of furan rings is 1. The van der Waals surface area contributed by atoms with Gasteiger partial charge >= 0.3 is 0 Å². The van der Waals surface area contributed by atoms with Crippen molar-refractivity contribution >= 4 is 33.4 Å². The Morgan fingerprint density at radius 2 is 1.96 bits per heavy atom. The van der Waals surface area contributed by atoms with Crippen molar-refractivity contribution in [1.29, 1.82) is 0 Å². The molecule has 144 valence electrons. The van der Waals surface area contributed by atoms with Gasteiger partial charge in [0.15, 0.2) is 6.61 Å². The summed E-state index contributed by atoms with van der Waals surface area (Å²) in [6.45, 7) is 2.11. The monoisotopic (exact) mass is 442 g/mol. The van der Waals surface area contributed by atoms with Crippen LogP contribution in [-0.4, -0.2) is 18.4 Å². The molecule has 7 heteroatoms. The third-order valence-corrected chi connectivity index (χ3v) is 4.80. The molecule has 0 aliphatic carbocycles. The van der Waals surface area contributed by atoms with Crippen molar-refractivity contribution in [1.82, 2.24) is 5.32 Å². The van der Waals surface area contributed by atoms with Gasteiger partial charge < -0.3 is 19.8 Å². The Morgan fingerprint density at radius 1 is 1.11 bits per heavy atom. The number of amides is 2. The van der Waals surface area contributed by atoms with E-state index in [0.717, 1.165) is 10.0 Å². The van der Waals surface area contributed by atoms with E-state index in [2.05, 4.69) is 26.6 Å². The summed E-state index contributed by atoms with van der Waals surface area (Å²) in [7, 11) is 0. The predicted octanol–water partition coefficient (Wildman–Crippen LogP) is 4.30. The smallest absolute Gasteiger partial charge is 0.262 e. The number of anilines is 1. The summed E-state index contributed by atoms with van der Waals surface area (Å²) >= 11 is 3.42. The van der Waals surface area contributed by atoms with Crippen molar-refractivity contribution in [3.63, 3.8) is 0 Å². The van der Waals surface area contributed by atoms with Crippen LogP contribution in [0.25, 0.3) is 0 Å². The lowest BCUT2D eigenvalue weighted by Crippen LogP contribution is -2.23. The van der Waals surface area contributed by atoms with Crippen LogP contribution < -0.4 is 15.4 Å². The van der Waals surface area contributed by atoms with Crippen molar-refractivity contribution in [3.8, 4) is 5.75 Å². The molecule has 0 unspecified atom stereocenters. The number of hydrogen-bond acceptors (Lipinski definition) is 4. The normalized spacial score (nSPS) is 10.4.